The molecule has 0 aromatic rings. The second kappa shape index (κ2) is 10.4. The van der Waals surface area contributed by atoms with Gasteiger partial charge in [-0.1, -0.05) is 0 Å². The number of hydrogen-bond donors (Lipinski definition) is 4. The quantitative estimate of drug-likeness (QED) is 0.252. The van der Waals surface area contributed by atoms with E-state index in [0.717, 1.165) is 6.66 Å². The molecule has 0 aromatic carbocycles. The third-order valence-electron chi connectivity index (χ3n) is 2.66. The monoisotopic (exact) mass is 345 g/mol. The average Bonchev–Trinajstić information content (AvgIpc) is 2.34. The van der Waals surface area contributed by atoms with Crippen LogP contribution in [-0.4, -0.2) is 53.6 Å². The third kappa shape index (κ3) is 10.3. The van der Waals surface area contributed by atoms with Crippen molar-refractivity contribution in [1.29, 1.82) is 0 Å². The zero-order chi connectivity index (χ0) is 16.8. The van der Waals surface area contributed by atoms with Crippen LogP contribution in [0.4, 0.5) is 0 Å². The van der Waals surface area contributed by atoms with Crippen LogP contribution in [0.2, 0.25) is 0 Å². The average molecular weight is 345 g/mol. The van der Waals surface area contributed by atoms with Gasteiger partial charge < -0.3 is 31.2 Å². The molecule has 0 spiro atoms. The smallest absolute Gasteiger partial charge is 0.548 e. The minimum Gasteiger partial charge on any atom is -0.548 e. The number of amides is 2. The van der Waals surface area contributed by atoms with E-state index in [0.29, 0.717) is 0 Å². The maximum atomic E-state index is 11.7. The van der Waals surface area contributed by atoms with Crippen LogP contribution >= 0.6 is 7.37 Å². The molecule has 11 heteroatoms. The van der Waals surface area contributed by atoms with Crippen LogP contribution in [0, 0.1) is 0 Å². The number of rotatable bonds is 8. The summed E-state index contributed by atoms with van der Waals surface area (Å²) in [4.78, 5) is 42.9. The van der Waals surface area contributed by atoms with Gasteiger partial charge >= 0.3 is 29.6 Å². The SMILES string of the molecule is C[C@H](NC(=O)[C@H](C)NC(=O)[C@@H](N)CCP(C)(=O)O)C(=O)[O-].[Na+]. The van der Waals surface area contributed by atoms with Crippen molar-refractivity contribution in [2.45, 2.75) is 38.4 Å². The first-order valence-corrected chi connectivity index (χ1v) is 8.59. The number of nitrogens with one attached hydrogen (secondary N) is 2. The van der Waals surface area contributed by atoms with Gasteiger partial charge in [0.25, 0.3) is 0 Å². The second-order valence-corrected chi connectivity index (χ2v) is 7.50. The molecule has 0 fully saturated rings. The molecule has 0 aliphatic carbocycles. The van der Waals surface area contributed by atoms with Gasteiger partial charge in [-0.25, -0.2) is 0 Å². The maximum absolute atomic E-state index is 11.7. The van der Waals surface area contributed by atoms with Crippen LogP contribution in [0.3, 0.4) is 0 Å². The fourth-order valence-electron chi connectivity index (χ4n) is 1.29. The first kappa shape index (κ1) is 23.8. The predicted octanol–water partition coefficient (Wildman–Crippen LogP) is -5.63. The molecule has 5 N–H and O–H groups in total. The number of carboxylic acids is 1. The minimum absolute atomic E-state index is 0. The van der Waals surface area contributed by atoms with Crippen LogP contribution in [0.1, 0.15) is 20.3 Å². The van der Waals surface area contributed by atoms with E-state index in [1.54, 1.807) is 0 Å². The van der Waals surface area contributed by atoms with Gasteiger partial charge in [0.1, 0.15) is 6.04 Å². The molecule has 22 heavy (non-hydrogen) atoms. The van der Waals surface area contributed by atoms with E-state index in [-0.39, 0.29) is 42.1 Å². The van der Waals surface area contributed by atoms with Crippen molar-refractivity contribution in [3.8, 4) is 0 Å². The van der Waals surface area contributed by atoms with E-state index in [2.05, 4.69) is 10.6 Å². The van der Waals surface area contributed by atoms with Gasteiger partial charge in [-0.05, 0) is 20.3 Å². The Hall–Kier alpha value is -0.440. The summed E-state index contributed by atoms with van der Waals surface area (Å²) < 4.78 is 11.1. The van der Waals surface area contributed by atoms with Gasteiger partial charge in [-0.15, -0.1) is 0 Å². The second-order valence-electron chi connectivity index (χ2n) is 4.95. The van der Waals surface area contributed by atoms with Crippen molar-refractivity contribution in [2.24, 2.45) is 5.73 Å². The number of nitrogens with two attached hydrogens (primary N) is 1. The summed E-state index contributed by atoms with van der Waals surface area (Å²) >= 11 is 0. The first-order chi connectivity index (χ1) is 9.44. The number of carbonyl (C=O) groups excluding carboxylic acids is 3. The molecule has 2 amide bonds. The minimum atomic E-state index is -3.25. The van der Waals surface area contributed by atoms with Gasteiger partial charge in [-0.2, -0.15) is 0 Å². The standard InChI is InChI=1S/C11H22N3O6P.Na/c1-6(9(15)14-7(2)11(17)18)13-10(16)8(12)4-5-21(3,19)20;/h6-8H,4-5,12H2,1-3H3,(H,13,16)(H,14,15)(H,17,18)(H,19,20);/q;+1/p-1/t6-,7-,8-;/m0./s1. The molecule has 0 rings (SSSR count). The summed E-state index contributed by atoms with van der Waals surface area (Å²) in [5.74, 6) is -2.80. The Balaban J connectivity index is 0. The molecule has 0 aromatic heterocycles. The molecule has 0 saturated carbocycles. The summed E-state index contributed by atoms with van der Waals surface area (Å²) in [6.07, 6.45) is -0.107. The van der Waals surface area contributed by atoms with Crippen molar-refractivity contribution < 1.29 is 58.5 Å². The third-order valence-corrected chi connectivity index (χ3v) is 3.74. The summed E-state index contributed by atoms with van der Waals surface area (Å²) in [5.41, 5.74) is 5.54. The molecule has 4 atom stereocenters. The zero-order valence-corrected chi connectivity index (χ0v) is 16.1. The van der Waals surface area contributed by atoms with Gasteiger partial charge in [0, 0.05) is 12.8 Å². The molecule has 0 aliphatic rings. The molecular weight excluding hydrogens is 324 g/mol. The molecule has 9 nitrogen and oxygen atoms in total. The summed E-state index contributed by atoms with van der Waals surface area (Å²) in [7, 11) is -3.25. The molecule has 0 bridgehead atoms. The molecule has 122 valence electrons. The van der Waals surface area contributed by atoms with Gasteiger partial charge in [-0.3, -0.25) is 14.2 Å². The normalized spacial score (nSPS) is 17.1. The molecule has 0 saturated heterocycles. The predicted molar refractivity (Wildman–Crippen MR) is 73.4 cm³/mol. The molecule has 0 aliphatic heterocycles. The van der Waals surface area contributed by atoms with Crippen LogP contribution in [0.15, 0.2) is 0 Å². The van der Waals surface area contributed by atoms with E-state index >= 15 is 0 Å². The Morgan fingerprint density at radius 1 is 1.18 bits per heavy atom. The zero-order valence-electron chi connectivity index (χ0n) is 13.2. The van der Waals surface area contributed by atoms with Crippen LogP contribution in [0.5, 0.6) is 0 Å². The van der Waals surface area contributed by atoms with Crippen molar-refractivity contribution in [2.75, 3.05) is 12.8 Å². The number of aliphatic carboxylic acids is 1. The Labute approximate surface area is 151 Å². The van der Waals surface area contributed by atoms with Crippen molar-refractivity contribution in [3.63, 3.8) is 0 Å². The summed E-state index contributed by atoms with van der Waals surface area (Å²) in [6, 6.07) is -3.21. The van der Waals surface area contributed by atoms with Gasteiger partial charge in [0.05, 0.1) is 18.1 Å². The van der Waals surface area contributed by atoms with Gasteiger partial charge in [0.2, 0.25) is 11.8 Å². The summed E-state index contributed by atoms with van der Waals surface area (Å²) in [5, 5.41) is 14.9. The van der Waals surface area contributed by atoms with Crippen molar-refractivity contribution in [1.82, 2.24) is 10.6 Å². The Kier molecular flexibility index (Phi) is 11.2. The Bertz CT molecular complexity index is 455. The van der Waals surface area contributed by atoms with E-state index in [9.17, 15) is 24.1 Å². The maximum Gasteiger partial charge on any atom is 1.00 e. The van der Waals surface area contributed by atoms with E-state index in [1.165, 1.54) is 13.8 Å². The molecular formula is C11H21N3NaO6P. The Morgan fingerprint density at radius 2 is 1.64 bits per heavy atom. The largest absolute Gasteiger partial charge is 1.00 e. The van der Waals surface area contributed by atoms with Crippen LogP contribution in [0.25, 0.3) is 0 Å². The van der Waals surface area contributed by atoms with Crippen molar-refractivity contribution >= 4 is 25.2 Å². The van der Waals surface area contributed by atoms with Gasteiger partial charge in [0.15, 0.2) is 7.37 Å². The summed E-state index contributed by atoms with van der Waals surface area (Å²) in [6.45, 7) is 3.75. The number of carbonyl (C=O) groups is 3. The van der Waals surface area contributed by atoms with Crippen molar-refractivity contribution in [3.05, 3.63) is 0 Å². The van der Waals surface area contributed by atoms with E-state index in [1.807, 2.05) is 0 Å². The Morgan fingerprint density at radius 3 is 2.05 bits per heavy atom. The van der Waals surface area contributed by atoms with Crippen LogP contribution < -0.4 is 51.0 Å². The molecule has 0 heterocycles. The number of hydrogen-bond acceptors (Lipinski definition) is 6. The fourth-order valence-corrected chi connectivity index (χ4v) is 2.05. The van der Waals surface area contributed by atoms with E-state index in [4.69, 9.17) is 10.6 Å². The van der Waals surface area contributed by atoms with E-state index < -0.39 is 43.3 Å². The van der Waals surface area contributed by atoms with Crippen LogP contribution in [-0.2, 0) is 18.9 Å². The topological polar surface area (TPSA) is 162 Å². The molecule has 0 radical (unpaired) electrons. The molecule has 1 unspecified atom stereocenters. The number of carboxylic acid groups (broad SMARTS) is 1. The first-order valence-electron chi connectivity index (χ1n) is 6.30. The fraction of sp³-hybridized carbons (Fsp3) is 0.727.